The van der Waals surface area contributed by atoms with Gasteiger partial charge in [0.1, 0.15) is 11.6 Å². The highest BCUT2D eigenvalue weighted by atomic mass is 19.1. The van der Waals surface area contributed by atoms with Gasteiger partial charge in [-0.3, -0.25) is 4.79 Å². The smallest absolute Gasteiger partial charge is 0.226 e. The lowest BCUT2D eigenvalue weighted by atomic mass is 10.1. The van der Waals surface area contributed by atoms with Crippen molar-refractivity contribution in [2.75, 3.05) is 19.7 Å². The summed E-state index contributed by atoms with van der Waals surface area (Å²) >= 11 is 0. The number of rotatable bonds is 5. The number of hydrogen-bond donors (Lipinski definition) is 0. The molecule has 1 aromatic carbocycles. The predicted molar refractivity (Wildman–Crippen MR) is 80.5 cm³/mol. The van der Waals surface area contributed by atoms with Gasteiger partial charge in [0.25, 0.3) is 0 Å². The van der Waals surface area contributed by atoms with Gasteiger partial charge in [-0.1, -0.05) is 6.92 Å². The summed E-state index contributed by atoms with van der Waals surface area (Å²) in [5.41, 5.74) is 0.380. The van der Waals surface area contributed by atoms with Crippen LogP contribution in [-0.2, 0) is 16.0 Å². The summed E-state index contributed by atoms with van der Waals surface area (Å²) in [6.07, 6.45) is 3.92. The SMILES string of the molecule is CCCOC1CCCN(C(=O)Cc2cc(F)cc(F)c2)CC1. The van der Waals surface area contributed by atoms with Crippen LogP contribution in [0, 0.1) is 11.6 Å². The van der Waals surface area contributed by atoms with Gasteiger partial charge in [0.15, 0.2) is 0 Å². The lowest BCUT2D eigenvalue weighted by Crippen LogP contribution is -2.33. The first-order chi connectivity index (χ1) is 10.6. The molecule has 1 atom stereocenters. The fourth-order valence-corrected chi connectivity index (χ4v) is 2.77. The van der Waals surface area contributed by atoms with Crippen molar-refractivity contribution in [2.24, 2.45) is 0 Å². The number of carbonyl (C=O) groups is 1. The van der Waals surface area contributed by atoms with E-state index in [4.69, 9.17) is 4.74 Å². The highest BCUT2D eigenvalue weighted by molar-refractivity contribution is 5.78. The lowest BCUT2D eigenvalue weighted by Gasteiger charge is -2.21. The first-order valence-electron chi connectivity index (χ1n) is 7.93. The summed E-state index contributed by atoms with van der Waals surface area (Å²) in [4.78, 5) is 14.1. The van der Waals surface area contributed by atoms with E-state index in [-0.39, 0.29) is 18.4 Å². The summed E-state index contributed by atoms with van der Waals surface area (Å²) in [6, 6.07) is 3.24. The standard InChI is InChI=1S/C17H23F2NO2/c1-2-8-22-16-4-3-6-20(7-5-16)17(21)11-13-9-14(18)12-15(19)10-13/h9-10,12,16H,2-8,11H2,1H3. The Bertz CT molecular complexity index is 487. The number of ether oxygens (including phenoxy) is 1. The Balaban J connectivity index is 1.89. The normalized spacial score (nSPS) is 19.0. The molecule has 1 unspecified atom stereocenters. The fourth-order valence-electron chi connectivity index (χ4n) is 2.77. The Labute approximate surface area is 130 Å². The first-order valence-corrected chi connectivity index (χ1v) is 7.93. The molecule has 0 saturated carbocycles. The van der Waals surface area contributed by atoms with E-state index in [9.17, 15) is 13.6 Å². The van der Waals surface area contributed by atoms with Crippen LogP contribution in [0.5, 0.6) is 0 Å². The van der Waals surface area contributed by atoms with Crippen LogP contribution in [0.25, 0.3) is 0 Å². The van der Waals surface area contributed by atoms with E-state index in [2.05, 4.69) is 6.92 Å². The maximum atomic E-state index is 13.2. The minimum absolute atomic E-state index is 0.0369. The zero-order valence-electron chi connectivity index (χ0n) is 13.0. The Morgan fingerprint density at radius 2 is 1.95 bits per heavy atom. The van der Waals surface area contributed by atoms with Crippen LogP contribution in [0.4, 0.5) is 8.78 Å². The molecule has 1 aliphatic heterocycles. The molecule has 2 rings (SSSR count). The van der Waals surface area contributed by atoms with Gasteiger partial charge in [-0.25, -0.2) is 8.78 Å². The monoisotopic (exact) mass is 311 g/mol. The third-order valence-corrected chi connectivity index (χ3v) is 3.86. The maximum absolute atomic E-state index is 13.2. The molecular formula is C17H23F2NO2. The van der Waals surface area contributed by atoms with E-state index in [0.29, 0.717) is 18.7 Å². The molecule has 0 aliphatic carbocycles. The molecule has 0 spiro atoms. The summed E-state index contributed by atoms with van der Waals surface area (Å²) in [5, 5.41) is 0. The zero-order chi connectivity index (χ0) is 15.9. The van der Waals surface area contributed by atoms with Gasteiger partial charge in [0.2, 0.25) is 5.91 Å². The van der Waals surface area contributed by atoms with Crippen molar-refractivity contribution in [3.05, 3.63) is 35.4 Å². The van der Waals surface area contributed by atoms with Gasteiger partial charge < -0.3 is 9.64 Å². The quantitative estimate of drug-likeness (QED) is 0.835. The Hall–Kier alpha value is -1.49. The highest BCUT2D eigenvalue weighted by Gasteiger charge is 2.21. The number of hydrogen-bond acceptors (Lipinski definition) is 2. The van der Waals surface area contributed by atoms with E-state index in [1.165, 1.54) is 12.1 Å². The molecule has 1 amide bonds. The van der Waals surface area contributed by atoms with E-state index >= 15 is 0 Å². The molecule has 1 saturated heterocycles. The molecule has 0 radical (unpaired) electrons. The fraction of sp³-hybridized carbons (Fsp3) is 0.588. The van der Waals surface area contributed by atoms with Crippen molar-refractivity contribution in [1.29, 1.82) is 0 Å². The van der Waals surface area contributed by atoms with E-state index < -0.39 is 11.6 Å². The van der Waals surface area contributed by atoms with Gasteiger partial charge in [0, 0.05) is 25.8 Å². The number of amides is 1. The summed E-state index contributed by atoms with van der Waals surface area (Å²) < 4.78 is 32.1. The molecule has 0 bridgehead atoms. The number of halogens is 2. The van der Waals surface area contributed by atoms with Crippen LogP contribution in [0.1, 0.15) is 38.2 Å². The van der Waals surface area contributed by atoms with Crippen LogP contribution in [0.15, 0.2) is 18.2 Å². The number of carbonyl (C=O) groups excluding carboxylic acids is 1. The average molecular weight is 311 g/mol. The van der Waals surface area contributed by atoms with Gasteiger partial charge in [-0.05, 0) is 43.4 Å². The van der Waals surface area contributed by atoms with Crippen molar-refractivity contribution in [3.63, 3.8) is 0 Å². The first kappa shape index (κ1) is 16.9. The van der Waals surface area contributed by atoms with E-state index in [1.54, 1.807) is 4.90 Å². The van der Waals surface area contributed by atoms with Crippen molar-refractivity contribution in [1.82, 2.24) is 4.90 Å². The molecule has 1 aliphatic rings. The minimum atomic E-state index is -0.647. The van der Waals surface area contributed by atoms with Crippen molar-refractivity contribution >= 4 is 5.91 Å². The summed E-state index contributed by atoms with van der Waals surface area (Å²) in [7, 11) is 0. The summed E-state index contributed by atoms with van der Waals surface area (Å²) in [6.45, 7) is 4.15. The topological polar surface area (TPSA) is 29.5 Å². The second kappa shape index (κ2) is 8.22. The Morgan fingerprint density at radius 3 is 2.64 bits per heavy atom. The molecule has 1 aromatic rings. The molecule has 3 nitrogen and oxygen atoms in total. The van der Waals surface area contributed by atoms with Crippen LogP contribution < -0.4 is 0 Å². The largest absolute Gasteiger partial charge is 0.378 e. The Kier molecular flexibility index (Phi) is 6.31. The van der Waals surface area contributed by atoms with Crippen LogP contribution in [0.2, 0.25) is 0 Å². The minimum Gasteiger partial charge on any atom is -0.378 e. The second-order valence-electron chi connectivity index (χ2n) is 5.76. The van der Waals surface area contributed by atoms with Crippen molar-refractivity contribution in [3.8, 4) is 0 Å². The van der Waals surface area contributed by atoms with Crippen LogP contribution in [-0.4, -0.2) is 36.6 Å². The van der Waals surface area contributed by atoms with Gasteiger partial charge in [-0.15, -0.1) is 0 Å². The molecule has 22 heavy (non-hydrogen) atoms. The van der Waals surface area contributed by atoms with Gasteiger partial charge in [0.05, 0.1) is 12.5 Å². The number of nitrogens with zero attached hydrogens (tertiary/aromatic N) is 1. The lowest BCUT2D eigenvalue weighted by molar-refractivity contribution is -0.130. The maximum Gasteiger partial charge on any atom is 0.226 e. The third kappa shape index (κ3) is 5.05. The second-order valence-corrected chi connectivity index (χ2v) is 5.76. The molecule has 122 valence electrons. The van der Waals surface area contributed by atoms with Crippen LogP contribution in [0.3, 0.4) is 0 Å². The Morgan fingerprint density at radius 1 is 1.23 bits per heavy atom. The van der Waals surface area contributed by atoms with Crippen molar-refractivity contribution < 1.29 is 18.3 Å². The van der Waals surface area contributed by atoms with E-state index in [0.717, 1.165) is 38.4 Å². The third-order valence-electron chi connectivity index (χ3n) is 3.86. The molecule has 1 fully saturated rings. The van der Waals surface area contributed by atoms with Gasteiger partial charge in [-0.2, -0.15) is 0 Å². The molecule has 0 aromatic heterocycles. The van der Waals surface area contributed by atoms with Crippen molar-refractivity contribution in [2.45, 2.75) is 45.1 Å². The van der Waals surface area contributed by atoms with Crippen LogP contribution >= 0.6 is 0 Å². The zero-order valence-corrected chi connectivity index (χ0v) is 13.0. The number of likely N-dealkylation sites (tertiary alicyclic amines) is 1. The molecule has 5 heteroatoms. The average Bonchev–Trinajstić information content (AvgIpc) is 2.69. The van der Waals surface area contributed by atoms with E-state index in [1.807, 2.05) is 0 Å². The predicted octanol–water partition coefficient (Wildman–Crippen LogP) is 3.32. The van der Waals surface area contributed by atoms with Gasteiger partial charge >= 0.3 is 0 Å². The summed E-state index contributed by atoms with van der Waals surface area (Å²) in [5.74, 6) is -1.38. The highest BCUT2D eigenvalue weighted by Crippen LogP contribution is 2.16. The molecule has 1 heterocycles. The molecule has 0 N–H and O–H groups in total. The molecular weight excluding hydrogens is 288 g/mol. The number of benzene rings is 1.